The first-order valence-corrected chi connectivity index (χ1v) is 7.59. The largest absolute Gasteiger partial charge is 0.325 e. The third-order valence-corrected chi connectivity index (χ3v) is 5.06. The summed E-state index contributed by atoms with van der Waals surface area (Å²) >= 11 is 1.73. The van der Waals surface area contributed by atoms with Crippen LogP contribution in [-0.2, 0) is 6.54 Å². The lowest BCUT2D eigenvalue weighted by molar-refractivity contribution is 0.941. The summed E-state index contributed by atoms with van der Waals surface area (Å²) in [6, 6.07) is 6.48. The van der Waals surface area contributed by atoms with E-state index in [1.54, 1.807) is 11.3 Å². The molecule has 0 saturated carbocycles. The van der Waals surface area contributed by atoms with E-state index in [1.165, 1.54) is 21.7 Å². The minimum absolute atomic E-state index is 0.500. The molecule has 4 heteroatoms. The number of thiazole rings is 1. The van der Waals surface area contributed by atoms with Crippen molar-refractivity contribution in [1.82, 2.24) is 9.38 Å². The molecular formula is C16H19N3S. The van der Waals surface area contributed by atoms with Crippen LogP contribution in [0.25, 0.3) is 16.2 Å². The van der Waals surface area contributed by atoms with Gasteiger partial charge in [0.05, 0.1) is 11.4 Å². The molecule has 0 radical (unpaired) electrons. The number of rotatable bonds is 2. The normalized spacial score (nSPS) is 11.4. The zero-order valence-electron chi connectivity index (χ0n) is 12.3. The van der Waals surface area contributed by atoms with Gasteiger partial charge in [-0.3, -0.25) is 4.40 Å². The quantitative estimate of drug-likeness (QED) is 0.779. The standard InChI is InChI=1S/C16H19N3S/c1-9-5-6-13(7-10(9)2)15-14(8-17)19-11(3)12(4)20-16(19)18-15/h5-7H,8,17H2,1-4H3. The van der Waals surface area contributed by atoms with E-state index in [0.717, 1.165) is 21.9 Å². The molecule has 3 rings (SSSR count). The zero-order valence-corrected chi connectivity index (χ0v) is 13.1. The van der Waals surface area contributed by atoms with E-state index in [9.17, 15) is 0 Å². The van der Waals surface area contributed by atoms with Crippen molar-refractivity contribution in [2.75, 3.05) is 0 Å². The van der Waals surface area contributed by atoms with E-state index in [-0.39, 0.29) is 0 Å². The van der Waals surface area contributed by atoms with Crippen LogP contribution in [0.15, 0.2) is 18.2 Å². The lowest BCUT2D eigenvalue weighted by Crippen LogP contribution is -2.03. The van der Waals surface area contributed by atoms with E-state index in [1.807, 2.05) is 0 Å². The number of imidazole rings is 1. The predicted molar refractivity (Wildman–Crippen MR) is 85.3 cm³/mol. The fraction of sp³-hybridized carbons (Fsp3) is 0.312. The Balaban J connectivity index is 2.28. The van der Waals surface area contributed by atoms with Gasteiger partial charge in [0.1, 0.15) is 0 Å². The molecule has 2 N–H and O–H groups in total. The number of hydrogen-bond donors (Lipinski definition) is 1. The topological polar surface area (TPSA) is 43.3 Å². The van der Waals surface area contributed by atoms with E-state index in [0.29, 0.717) is 6.54 Å². The number of aryl methyl sites for hydroxylation is 4. The molecule has 0 aliphatic carbocycles. The average Bonchev–Trinajstić information content (AvgIpc) is 2.91. The molecular weight excluding hydrogens is 266 g/mol. The Hall–Kier alpha value is -1.65. The van der Waals surface area contributed by atoms with Gasteiger partial charge in [-0.05, 0) is 44.9 Å². The predicted octanol–water partition coefficient (Wildman–Crippen LogP) is 3.76. The summed E-state index contributed by atoms with van der Waals surface area (Å²) in [5.41, 5.74) is 13.1. The van der Waals surface area contributed by atoms with Gasteiger partial charge in [0, 0.05) is 22.7 Å². The van der Waals surface area contributed by atoms with Gasteiger partial charge in [-0.1, -0.05) is 12.1 Å². The van der Waals surface area contributed by atoms with Crippen LogP contribution in [0.1, 0.15) is 27.4 Å². The summed E-state index contributed by atoms with van der Waals surface area (Å²) in [5.74, 6) is 0. The van der Waals surface area contributed by atoms with Crippen molar-refractivity contribution in [3.63, 3.8) is 0 Å². The first kappa shape index (κ1) is 13.3. The molecule has 0 aliphatic rings. The Morgan fingerprint density at radius 1 is 1.15 bits per heavy atom. The maximum Gasteiger partial charge on any atom is 0.194 e. The molecule has 0 spiro atoms. The fourth-order valence-corrected chi connectivity index (χ4v) is 3.51. The van der Waals surface area contributed by atoms with E-state index < -0.39 is 0 Å². The fourth-order valence-electron chi connectivity index (χ4n) is 2.52. The van der Waals surface area contributed by atoms with Crippen LogP contribution in [-0.4, -0.2) is 9.38 Å². The summed E-state index contributed by atoms with van der Waals surface area (Å²) in [6.07, 6.45) is 0. The number of hydrogen-bond acceptors (Lipinski definition) is 3. The second-order valence-electron chi connectivity index (χ2n) is 5.27. The smallest absolute Gasteiger partial charge is 0.194 e. The number of benzene rings is 1. The lowest BCUT2D eigenvalue weighted by Gasteiger charge is -2.06. The molecule has 1 aromatic carbocycles. The molecule has 0 bridgehead atoms. The molecule has 104 valence electrons. The highest BCUT2D eigenvalue weighted by Crippen LogP contribution is 2.31. The van der Waals surface area contributed by atoms with Crippen LogP contribution in [0.3, 0.4) is 0 Å². The Bertz CT molecular complexity index is 796. The van der Waals surface area contributed by atoms with Crippen LogP contribution in [0.4, 0.5) is 0 Å². The molecule has 2 aromatic heterocycles. The Morgan fingerprint density at radius 2 is 1.90 bits per heavy atom. The average molecular weight is 285 g/mol. The van der Waals surface area contributed by atoms with Crippen LogP contribution in [0.2, 0.25) is 0 Å². The highest BCUT2D eigenvalue weighted by Gasteiger charge is 2.17. The molecule has 0 fully saturated rings. The third-order valence-electron chi connectivity index (χ3n) is 4.00. The first-order valence-electron chi connectivity index (χ1n) is 6.78. The van der Waals surface area contributed by atoms with Gasteiger partial charge in [0.2, 0.25) is 0 Å². The van der Waals surface area contributed by atoms with Gasteiger partial charge in [-0.15, -0.1) is 11.3 Å². The van der Waals surface area contributed by atoms with E-state index >= 15 is 0 Å². The van der Waals surface area contributed by atoms with Crippen molar-refractivity contribution in [3.05, 3.63) is 45.6 Å². The van der Waals surface area contributed by atoms with Gasteiger partial charge < -0.3 is 5.73 Å². The second-order valence-corrected chi connectivity index (χ2v) is 6.45. The highest BCUT2D eigenvalue weighted by atomic mass is 32.1. The Kier molecular flexibility index (Phi) is 3.15. The molecule has 3 nitrogen and oxygen atoms in total. The lowest BCUT2D eigenvalue weighted by atomic mass is 10.0. The number of nitrogens with zero attached hydrogens (tertiary/aromatic N) is 2. The van der Waals surface area contributed by atoms with Crippen LogP contribution in [0.5, 0.6) is 0 Å². The summed E-state index contributed by atoms with van der Waals surface area (Å²) in [7, 11) is 0. The van der Waals surface area contributed by atoms with Crippen molar-refractivity contribution < 1.29 is 0 Å². The first-order chi connectivity index (χ1) is 9.52. The number of nitrogens with two attached hydrogens (primary N) is 1. The van der Waals surface area contributed by atoms with Gasteiger partial charge in [0.15, 0.2) is 4.96 Å². The molecule has 0 saturated heterocycles. The minimum atomic E-state index is 0.500. The summed E-state index contributed by atoms with van der Waals surface area (Å²) in [5, 5.41) is 0. The molecule has 0 unspecified atom stereocenters. The maximum absolute atomic E-state index is 5.99. The SMILES string of the molecule is Cc1ccc(-c2nc3sc(C)c(C)n3c2CN)cc1C. The van der Waals surface area contributed by atoms with Crippen LogP contribution >= 0.6 is 11.3 Å². The second kappa shape index (κ2) is 4.72. The van der Waals surface area contributed by atoms with Crippen LogP contribution < -0.4 is 5.73 Å². The van der Waals surface area contributed by atoms with Crippen molar-refractivity contribution >= 4 is 16.3 Å². The van der Waals surface area contributed by atoms with Crippen molar-refractivity contribution in [1.29, 1.82) is 0 Å². The molecule has 20 heavy (non-hydrogen) atoms. The molecule has 0 atom stereocenters. The van der Waals surface area contributed by atoms with E-state index in [4.69, 9.17) is 10.7 Å². The van der Waals surface area contributed by atoms with E-state index in [2.05, 4.69) is 50.3 Å². The van der Waals surface area contributed by atoms with Crippen molar-refractivity contribution in [2.24, 2.45) is 5.73 Å². The third kappa shape index (κ3) is 1.87. The molecule has 0 aliphatic heterocycles. The van der Waals surface area contributed by atoms with Crippen molar-refractivity contribution in [3.8, 4) is 11.3 Å². The summed E-state index contributed by atoms with van der Waals surface area (Å²) in [6.45, 7) is 9.02. The molecule has 2 heterocycles. The zero-order chi connectivity index (χ0) is 14.4. The molecule has 3 aromatic rings. The number of aromatic nitrogens is 2. The minimum Gasteiger partial charge on any atom is -0.325 e. The number of fused-ring (bicyclic) bond motifs is 1. The van der Waals surface area contributed by atoms with Gasteiger partial charge in [-0.2, -0.15) is 0 Å². The monoisotopic (exact) mass is 285 g/mol. The molecule has 0 amide bonds. The Labute approximate surface area is 123 Å². The van der Waals surface area contributed by atoms with Crippen molar-refractivity contribution in [2.45, 2.75) is 34.2 Å². The van der Waals surface area contributed by atoms with Gasteiger partial charge in [-0.25, -0.2) is 4.98 Å². The van der Waals surface area contributed by atoms with Gasteiger partial charge in [0.25, 0.3) is 0 Å². The highest BCUT2D eigenvalue weighted by molar-refractivity contribution is 7.17. The maximum atomic E-state index is 5.99. The summed E-state index contributed by atoms with van der Waals surface area (Å²) < 4.78 is 2.20. The van der Waals surface area contributed by atoms with Gasteiger partial charge >= 0.3 is 0 Å². The van der Waals surface area contributed by atoms with Crippen LogP contribution in [0, 0.1) is 27.7 Å². The Morgan fingerprint density at radius 3 is 2.55 bits per heavy atom. The summed E-state index contributed by atoms with van der Waals surface area (Å²) in [4.78, 5) is 7.14.